The molecular weight excluding hydrogens is 216 g/mol. The van der Waals surface area contributed by atoms with Gasteiger partial charge in [0, 0.05) is 0 Å². The summed E-state index contributed by atoms with van der Waals surface area (Å²) in [4.78, 5) is 32.8. The van der Waals surface area contributed by atoms with Crippen molar-refractivity contribution in [3.8, 4) is 12.3 Å². The van der Waals surface area contributed by atoms with Gasteiger partial charge in [0.2, 0.25) is 0 Å². The first-order valence-corrected chi connectivity index (χ1v) is 4.32. The van der Waals surface area contributed by atoms with Crippen molar-refractivity contribution in [1.82, 2.24) is 10.2 Å². The highest BCUT2D eigenvalue weighted by Crippen LogP contribution is 1.92. The van der Waals surface area contributed by atoms with E-state index >= 15 is 0 Å². The Kier molecular flexibility index (Phi) is 5.41. The number of nitrogens with zero attached hydrogens (tertiary/aromatic N) is 1. The van der Waals surface area contributed by atoms with Crippen LogP contribution in [0.5, 0.6) is 0 Å². The molecule has 0 saturated carbocycles. The lowest BCUT2D eigenvalue weighted by Gasteiger charge is -2.20. The van der Waals surface area contributed by atoms with Crippen LogP contribution in [0.4, 0.5) is 4.79 Å². The largest absolute Gasteiger partial charge is 0.480 e. The quantitative estimate of drug-likeness (QED) is 0.533. The molecule has 0 aliphatic heterocycles. The Balaban J connectivity index is 4.50. The van der Waals surface area contributed by atoms with Crippen LogP contribution < -0.4 is 5.32 Å². The molecule has 0 bridgehead atoms. The van der Waals surface area contributed by atoms with Crippen molar-refractivity contribution < 1.29 is 24.6 Å². The standard InChI is InChI=1S/C9H12N2O5/c1-3-6(2)10-9(16)11(4-7(12)13)5-8(14)15/h1,6H,4-5H2,2H3,(H,10,16)(H,12,13)(H,14,15). The van der Waals surface area contributed by atoms with Crippen LogP contribution in [0.3, 0.4) is 0 Å². The highest BCUT2D eigenvalue weighted by molar-refractivity contribution is 5.84. The van der Waals surface area contributed by atoms with Crippen molar-refractivity contribution in [2.45, 2.75) is 13.0 Å². The molecule has 16 heavy (non-hydrogen) atoms. The summed E-state index contributed by atoms with van der Waals surface area (Å²) in [5, 5.41) is 19.2. The highest BCUT2D eigenvalue weighted by Gasteiger charge is 2.20. The summed E-state index contributed by atoms with van der Waals surface area (Å²) < 4.78 is 0. The summed E-state index contributed by atoms with van der Waals surface area (Å²) in [5.41, 5.74) is 0. The predicted molar refractivity (Wildman–Crippen MR) is 53.7 cm³/mol. The third-order valence-electron chi connectivity index (χ3n) is 1.53. The Hall–Kier alpha value is -2.23. The molecule has 7 nitrogen and oxygen atoms in total. The van der Waals surface area contributed by atoms with Crippen molar-refractivity contribution >= 4 is 18.0 Å². The lowest BCUT2D eigenvalue weighted by molar-refractivity contribution is -0.140. The maximum Gasteiger partial charge on any atom is 0.323 e. The second-order valence-corrected chi connectivity index (χ2v) is 2.98. The summed E-state index contributed by atoms with van der Waals surface area (Å²) in [6.45, 7) is 0.114. The number of carboxylic acid groups (broad SMARTS) is 2. The van der Waals surface area contributed by atoms with Crippen LogP contribution >= 0.6 is 0 Å². The molecule has 1 unspecified atom stereocenters. The average molecular weight is 228 g/mol. The van der Waals surface area contributed by atoms with Crippen LogP contribution in [0, 0.1) is 12.3 Å². The van der Waals surface area contributed by atoms with Gasteiger partial charge < -0.3 is 20.4 Å². The van der Waals surface area contributed by atoms with E-state index < -0.39 is 37.1 Å². The van der Waals surface area contributed by atoms with Gasteiger partial charge in [0.05, 0.1) is 6.04 Å². The first-order chi connectivity index (χ1) is 7.36. The zero-order chi connectivity index (χ0) is 12.7. The van der Waals surface area contributed by atoms with E-state index in [9.17, 15) is 14.4 Å². The third kappa shape index (κ3) is 5.49. The van der Waals surface area contributed by atoms with Gasteiger partial charge in [-0.3, -0.25) is 9.59 Å². The first-order valence-electron chi connectivity index (χ1n) is 4.32. The van der Waals surface area contributed by atoms with Gasteiger partial charge in [0.1, 0.15) is 13.1 Å². The Morgan fingerprint density at radius 3 is 2.06 bits per heavy atom. The molecule has 0 aliphatic carbocycles. The molecule has 0 rings (SSSR count). The monoisotopic (exact) mass is 228 g/mol. The lowest BCUT2D eigenvalue weighted by Crippen LogP contribution is -2.47. The van der Waals surface area contributed by atoms with E-state index in [1.807, 2.05) is 0 Å². The van der Waals surface area contributed by atoms with E-state index in [-0.39, 0.29) is 0 Å². The zero-order valence-electron chi connectivity index (χ0n) is 8.64. The number of carboxylic acids is 2. The molecular formula is C9H12N2O5. The molecule has 0 spiro atoms. The van der Waals surface area contributed by atoms with E-state index in [0.29, 0.717) is 4.90 Å². The molecule has 3 N–H and O–H groups in total. The average Bonchev–Trinajstić information content (AvgIpc) is 2.15. The van der Waals surface area contributed by atoms with Crippen molar-refractivity contribution in [2.24, 2.45) is 0 Å². The van der Waals surface area contributed by atoms with Crippen LogP contribution in [-0.2, 0) is 9.59 Å². The van der Waals surface area contributed by atoms with Crippen molar-refractivity contribution in [1.29, 1.82) is 0 Å². The molecule has 0 aromatic carbocycles. The first kappa shape index (κ1) is 13.8. The molecule has 0 radical (unpaired) electrons. The summed E-state index contributed by atoms with van der Waals surface area (Å²) in [5.74, 6) is -0.398. The molecule has 0 heterocycles. The van der Waals surface area contributed by atoms with Gasteiger partial charge in [0.25, 0.3) is 0 Å². The Labute approximate surface area is 92.0 Å². The summed E-state index contributed by atoms with van der Waals surface area (Å²) in [6.07, 6.45) is 5.01. The fourth-order valence-electron chi connectivity index (χ4n) is 0.844. The van der Waals surface area contributed by atoms with Gasteiger partial charge in [-0.1, -0.05) is 5.92 Å². The molecule has 1 atom stereocenters. The zero-order valence-corrected chi connectivity index (χ0v) is 8.64. The summed E-state index contributed by atoms with van der Waals surface area (Å²) in [7, 11) is 0. The Bertz CT molecular complexity index is 317. The maximum absolute atomic E-state index is 11.4. The van der Waals surface area contributed by atoms with E-state index in [0.717, 1.165) is 0 Å². The van der Waals surface area contributed by atoms with Gasteiger partial charge in [0.15, 0.2) is 0 Å². The number of rotatable bonds is 5. The van der Waals surface area contributed by atoms with Gasteiger partial charge in [-0.15, -0.1) is 6.42 Å². The van der Waals surface area contributed by atoms with Gasteiger partial charge in [-0.2, -0.15) is 0 Å². The number of aliphatic carboxylic acids is 2. The Morgan fingerprint density at radius 1 is 1.31 bits per heavy atom. The van der Waals surface area contributed by atoms with Gasteiger partial charge in [-0.25, -0.2) is 4.79 Å². The van der Waals surface area contributed by atoms with E-state index in [1.165, 1.54) is 6.92 Å². The van der Waals surface area contributed by atoms with Crippen molar-refractivity contribution in [3.05, 3.63) is 0 Å². The third-order valence-corrected chi connectivity index (χ3v) is 1.53. The SMILES string of the molecule is C#CC(C)NC(=O)N(CC(=O)O)CC(=O)O. The van der Waals surface area contributed by atoms with E-state index in [4.69, 9.17) is 16.6 Å². The van der Waals surface area contributed by atoms with Crippen LogP contribution in [0.15, 0.2) is 0 Å². The molecule has 0 aliphatic rings. The topological polar surface area (TPSA) is 107 Å². The fourth-order valence-corrected chi connectivity index (χ4v) is 0.844. The highest BCUT2D eigenvalue weighted by atomic mass is 16.4. The lowest BCUT2D eigenvalue weighted by atomic mass is 10.3. The number of hydrogen-bond acceptors (Lipinski definition) is 3. The number of terminal acetylenes is 1. The number of urea groups is 1. The minimum Gasteiger partial charge on any atom is -0.480 e. The second-order valence-electron chi connectivity index (χ2n) is 2.98. The van der Waals surface area contributed by atoms with Crippen LogP contribution in [0.25, 0.3) is 0 Å². The molecule has 88 valence electrons. The van der Waals surface area contributed by atoms with E-state index in [2.05, 4.69) is 11.2 Å². The molecule has 7 heteroatoms. The summed E-state index contributed by atoms with van der Waals surface area (Å²) >= 11 is 0. The van der Waals surface area contributed by atoms with Crippen molar-refractivity contribution in [3.63, 3.8) is 0 Å². The van der Waals surface area contributed by atoms with E-state index in [1.54, 1.807) is 0 Å². The molecule has 0 fully saturated rings. The normalized spacial score (nSPS) is 11.0. The van der Waals surface area contributed by atoms with Gasteiger partial charge in [-0.05, 0) is 6.92 Å². The van der Waals surface area contributed by atoms with Crippen LogP contribution in [0.1, 0.15) is 6.92 Å². The van der Waals surface area contributed by atoms with Crippen LogP contribution in [-0.4, -0.2) is 52.2 Å². The number of amides is 2. The van der Waals surface area contributed by atoms with Crippen LogP contribution in [0.2, 0.25) is 0 Å². The molecule has 0 aromatic rings. The van der Waals surface area contributed by atoms with Crippen molar-refractivity contribution in [2.75, 3.05) is 13.1 Å². The Morgan fingerprint density at radius 2 is 1.75 bits per heavy atom. The molecule has 0 saturated heterocycles. The minimum atomic E-state index is -1.30. The number of nitrogens with one attached hydrogen (secondary N) is 1. The summed E-state index contributed by atoms with van der Waals surface area (Å²) in [6, 6.07) is -1.42. The number of hydrogen-bond donors (Lipinski definition) is 3. The molecule has 2 amide bonds. The van der Waals surface area contributed by atoms with Gasteiger partial charge >= 0.3 is 18.0 Å². The fraction of sp³-hybridized carbons (Fsp3) is 0.444. The second kappa shape index (κ2) is 6.29. The smallest absolute Gasteiger partial charge is 0.323 e. The number of carbonyl (C=O) groups excluding carboxylic acids is 1. The maximum atomic E-state index is 11.4. The predicted octanol–water partition coefficient (Wildman–Crippen LogP) is -0.811. The minimum absolute atomic E-state index is 0.599. The number of carbonyl (C=O) groups is 3. The molecule has 0 aromatic heterocycles.